The van der Waals surface area contributed by atoms with Gasteiger partial charge in [-0.3, -0.25) is 4.79 Å². The van der Waals surface area contributed by atoms with Crippen molar-refractivity contribution in [3.05, 3.63) is 99.4 Å². The SMILES string of the molecule is CC(OC(=O)C(=Cc1cccs1)c1cccs1)C(=O)Nc1ccccc1-c1ccccc1. The maximum atomic E-state index is 13.0. The molecule has 0 fully saturated rings. The maximum absolute atomic E-state index is 13.0. The van der Waals surface area contributed by atoms with Crippen LogP contribution < -0.4 is 5.32 Å². The summed E-state index contributed by atoms with van der Waals surface area (Å²) in [6.07, 6.45) is 0.840. The van der Waals surface area contributed by atoms with Gasteiger partial charge in [0.25, 0.3) is 5.91 Å². The van der Waals surface area contributed by atoms with Crippen molar-refractivity contribution in [1.82, 2.24) is 0 Å². The van der Waals surface area contributed by atoms with E-state index in [2.05, 4.69) is 5.32 Å². The number of nitrogens with one attached hydrogen (secondary N) is 1. The lowest BCUT2D eigenvalue weighted by molar-refractivity contribution is -0.147. The molecule has 1 unspecified atom stereocenters. The number of anilines is 1. The van der Waals surface area contributed by atoms with Crippen molar-refractivity contribution >= 4 is 51.9 Å². The van der Waals surface area contributed by atoms with Crippen LogP contribution in [0, 0.1) is 0 Å². The fourth-order valence-electron chi connectivity index (χ4n) is 3.15. The fraction of sp³-hybridized carbons (Fsp3) is 0.0769. The second-order valence-electron chi connectivity index (χ2n) is 7.00. The summed E-state index contributed by atoms with van der Waals surface area (Å²) in [5.41, 5.74) is 3.00. The Balaban J connectivity index is 1.50. The Labute approximate surface area is 194 Å². The number of hydrogen-bond donors (Lipinski definition) is 1. The molecule has 2 aromatic heterocycles. The Morgan fingerprint density at radius 3 is 2.31 bits per heavy atom. The number of carbonyl (C=O) groups excluding carboxylic acids is 2. The summed E-state index contributed by atoms with van der Waals surface area (Å²) in [5.74, 6) is -0.914. The largest absolute Gasteiger partial charge is 0.449 e. The lowest BCUT2D eigenvalue weighted by atomic mass is 10.0. The highest BCUT2D eigenvalue weighted by Gasteiger charge is 2.23. The predicted octanol–water partition coefficient (Wildman–Crippen LogP) is 6.59. The van der Waals surface area contributed by atoms with Crippen LogP contribution in [0.25, 0.3) is 22.8 Å². The van der Waals surface area contributed by atoms with E-state index in [1.165, 1.54) is 22.7 Å². The molecule has 0 aliphatic carbocycles. The van der Waals surface area contributed by atoms with Gasteiger partial charge in [0.15, 0.2) is 6.10 Å². The summed E-state index contributed by atoms with van der Waals surface area (Å²) in [4.78, 5) is 27.6. The van der Waals surface area contributed by atoms with Crippen LogP contribution in [0.4, 0.5) is 5.69 Å². The molecule has 0 aliphatic heterocycles. The van der Waals surface area contributed by atoms with E-state index in [1.807, 2.05) is 89.6 Å². The highest BCUT2D eigenvalue weighted by Crippen LogP contribution is 2.29. The molecular weight excluding hydrogens is 438 g/mol. The summed E-state index contributed by atoms with van der Waals surface area (Å²) in [6.45, 7) is 1.58. The molecule has 32 heavy (non-hydrogen) atoms. The van der Waals surface area contributed by atoms with E-state index in [1.54, 1.807) is 13.0 Å². The molecule has 1 amide bonds. The molecule has 160 valence electrons. The second kappa shape index (κ2) is 10.2. The molecule has 4 rings (SSSR count). The minimum Gasteiger partial charge on any atom is -0.449 e. The standard InChI is InChI=1S/C26H21NO3S2/c1-18(25(28)27-23-13-6-5-12-21(23)19-9-3-2-4-10-19)30-26(29)22(24-14-8-16-32-24)17-20-11-7-15-31-20/h2-18H,1H3,(H,27,28). The number of carbonyl (C=O) groups is 2. The molecule has 2 heterocycles. The average Bonchev–Trinajstić information content (AvgIpc) is 3.52. The van der Waals surface area contributed by atoms with Crippen molar-refractivity contribution in [3.8, 4) is 11.1 Å². The summed E-state index contributed by atoms with van der Waals surface area (Å²) < 4.78 is 5.56. The van der Waals surface area contributed by atoms with Gasteiger partial charge >= 0.3 is 5.97 Å². The monoisotopic (exact) mass is 459 g/mol. The van der Waals surface area contributed by atoms with Crippen LogP contribution in [0.3, 0.4) is 0 Å². The smallest absolute Gasteiger partial charge is 0.340 e. The molecule has 4 aromatic rings. The van der Waals surface area contributed by atoms with Crippen molar-refractivity contribution in [2.45, 2.75) is 13.0 Å². The normalized spacial score (nSPS) is 12.2. The number of esters is 1. The van der Waals surface area contributed by atoms with Gasteiger partial charge in [-0.25, -0.2) is 4.79 Å². The number of rotatable bonds is 7. The van der Waals surface area contributed by atoms with Crippen molar-refractivity contribution in [2.24, 2.45) is 0 Å². The number of para-hydroxylation sites is 1. The Hall–Kier alpha value is -3.48. The van der Waals surface area contributed by atoms with Gasteiger partial charge in [-0.1, -0.05) is 60.7 Å². The van der Waals surface area contributed by atoms with Gasteiger partial charge in [-0.05, 0) is 47.5 Å². The van der Waals surface area contributed by atoms with E-state index in [0.29, 0.717) is 11.3 Å². The van der Waals surface area contributed by atoms with E-state index in [9.17, 15) is 9.59 Å². The van der Waals surface area contributed by atoms with Crippen molar-refractivity contribution in [1.29, 1.82) is 0 Å². The molecule has 6 heteroatoms. The van der Waals surface area contributed by atoms with Crippen LogP contribution in [0.15, 0.2) is 89.6 Å². The Bertz CT molecular complexity index is 1210. The van der Waals surface area contributed by atoms with Gasteiger partial charge in [-0.15, -0.1) is 22.7 Å². The van der Waals surface area contributed by atoms with Crippen molar-refractivity contribution in [3.63, 3.8) is 0 Å². The summed E-state index contributed by atoms with van der Waals surface area (Å²) in [5, 5.41) is 6.75. The van der Waals surface area contributed by atoms with E-state index < -0.39 is 12.1 Å². The second-order valence-corrected chi connectivity index (χ2v) is 8.93. The maximum Gasteiger partial charge on any atom is 0.340 e. The van der Waals surface area contributed by atoms with Gasteiger partial charge in [0, 0.05) is 21.0 Å². The molecule has 4 nitrogen and oxygen atoms in total. The average molecular weight is 460 g/mol. The minimum atomic E-state index is -0.960. The van der Waals surface area contributed by atoms with Crippen molar-refractivity contribution in [2.75, 3.05) is 5.32 Å². The summed E-state index contributed by atoms with van der Waals surface area (Å²) >= 11 is 2.99. The highest BCUT2D eigenvalue weighted by atomic mass is 32.1. The quantitative estimate of drug-likeness (QED) is 0.251. The fourth-order valence-corrected chi connectivity index (χ4v) is 4.54. The zero-order valence-electron chi connectivity index (χ0n) is 17.4. The van der Waals surface area contributed by atoms with E-state index >= 15 is 0 Å². The summed E-state index contributed by atoms with van der Waals surface area (Å²) in [6, 6.07) is 25.0. The van der Waals surface area contributed by atoms with Gasteiger partial charge in [0.05, 0.1) is 5.57 Å². The van der Waals surface area contributed by atoms with Crippen LogP contribution in [0.1, 0.15) is 16.7 Å². The first-order chi connectivity index (χ1) is 15.6. The molecule has 1 atom stereocenters. The zero-order chi connectivity index (χ0) is 22.3. The highest BCUT2D eigenvalue weighted by molar-refractivity contribution is 7.12. The molecule has 0 saturated carbocycles. The Morgan fingerprint density at radius 2 is 1.59 bits per heavy atom. The zero-order valence-corrected chi connectivity index (χ0v) is 19.0. The number of hydrogen-bond acceptors (Lipinski definition) is 5. The van der Waals surface area contributed by atoms with Crippen LogP contribution >= 0.6 is 22.7 Å². The molecule has 2 aromatic carbocycles. The first kappa shape index (κ1) is 21.7. The predicted molar refractivity (Wildman–Crippen MR) is 133 cm³/mol. The molecule has 0 radical (unpaired) electrons. The number of amides is 1. The molecule has 0 spiro atoms. The minimum absolute atomic E-state index is 0.386. The molecule has 0 aliphatic rings. The number of thiophene rings is 2. The Morgan fingerprint density at radius 1 is 0.875 bits per heavy atom. The first-order valence-corrected chi connectivity index (χ1v) is 11.8. The number of benzene rings is 2. The first-order valence-electron chi connectivity index (χ1n) is 10.1. The third-order valence-electron chi connectivity index (χ3n) is 4.76. The van der Waals surface area contributed by atoms with Gasteiger partial charge < -0.3 is 10.1 Å². The van der Waals surface area contributed by atoms with Gasteiger partial charge in [0.2, 0.25) is 0 Å². The third-order valence-corrected chi connectivity index (χ3v) is 6.48. The lowest BCUT2D eigenvalue weighted by Gasteiger charge is -2.16. The lowest BCUT2D eigenvalue weighted by Crippen LogP contribution is -2.30. The molecule has 0 bridgehead atoms. The summed E-state index contributed by atoms with van der Waals surface area (Å²) in [7, 11) is 0. The van der Waals surface area contributed by atoms with Gasteiger partial charge in [0.1, 0.15) is 0 Å². The van der Waals surface area contributed by atoms with Crippen LogP contribution in [0.5, 0.6) is 0 Å². The number of ether oxygens (including phenoxy) is 1. The van der Waals surface area contributed by atoms with Crippen molar-refractivity contribution < 1.29 is 14.3 Å². The Kier molecular flexibility index (Phi) is 6.94. The molecule has 0 saturated heterocycles. The topological polar surface area (TPSA) is 55.4 Å². The van der Waals surface area contributed by atoms with Crippen LogP contribution in [-0.4, -0.2) is 18.0 Å². The molecule has 1 N–H and O–H groups in total. The van der Waals surface area contributed by atoms with Crippen LogP contribution in [0.2, 0.25) is 0 Å². The van der Waals surface area contributed by atoms with E-state index in [0.717, 1.165) is 20.9 Å². The van der Waals surface area contributed by atoms with E-state index in [-0.39, 0.29) is 5.91 Å². The van der Waals surface area contributed by atoms with E-state index in [4.69, 9.17) is 4.74 Å². The van der Waals surface area contributed by atoms with Gasteiger partial charge in [-0.2, -0.15) is 0 Å². The molecular formula is C26H21NO3S2. The van der Waals surface area contributed by atoms with Crippen LogP contribution in [-0.2, 0) is 14.3 Å². The third kappa shape index (κ3) is 5.22.